The first-order valence-corrected chi connectivity index (χ1v) is 10.7. The molecule has 0 aliphatic carbocycles. The lowest BCUT2D eigenvalue weighted by atomic mass is 10.1. The van der Waals surface area contributed by atoms with Crippen LogP contribution in [0, 0.1) is 0 Å². The van der Waals surface area contributed by atoms with Crippen molar-refractivity contribution in [2.45, 2.75) is 12.5 Å². The van der Waals surface area contributed by atoms with E-state index in [0.717, 1.165) is 4.90 Å². The van der Waals surface area contributed by atoms with Crippen LogP contribution >= 0.6 is 0 Å². The fraction of sp³-hybridized carbons (Fsp3) is 0.250. The van der Waals surface area contributed by atoms with Gasteiger partial charge in [0.05, 0.1) is 28.3 Å². The van der Waals surface area contributed by atoms with E-state index in [1.807, 2.05) is 0 Å². The van der Waals surface area contributed by atoms with Gasteiger partial charge in [0.1, 0.15) is 0 Å². The molecule has 1 atom stereocenters. The number of carbonyl (C=O) groups is 3. The Bertz CT molecular complexity index is 1060. The molecule has 2 aromatic rings. The normalized spacial score (nSPS) is 20.3. The third-order valence-electron chi connectivity index (χ3n) is 5.24. The molecule has 0 bridgehead atoms. The second-order valence-corrected chi connectivity index (χ2v) is 9.24. The molecule has 0 N–H and O–H groups in total. The van der Waals surface area contributed by atoms with Crippen molar-refractivity contribution in [2.24, 2.45) is 0 Å². The second kappa shape index (κ2) is 6.56. The summed E-state index contributed by atoms with van der Waals surface area (Å²) in [4.78, 5) is 40.3. The van der Waals surface area contributed by atoms with Gasteiger partial charge in [-0.25, -0.2) is 13.3 Å². The van der Waals surface area contributed by atoms with E-state index < -0.39 is 21.7 Å². The van der Waals surface area contributed by atoms with Crippen LogP contribution in [0.4, 0.5) is 5.69 Å². The van der Waals surface area contributed by atoms with E-state index in [1.165, 1.54) is 4.90 Å². The van der Waals surface area contributed by atoms with Crippen molar-refractivity contribution < 1.29 is 22.8 Å². The minimum absolute atomic E-state index is 0.0254. The van der Waals surface area contributed by atoms with Gasteiger partial charge in [-0.1, -0.05) is 12.1 Å². The van der Waals surface area contributed by atoms with Crippen LogP contribution in [-0.2, 0) is 9.84 Å². The Hall–Kier alpha value is -3.00. The summed E-state index contributed by atoms with van der Waals surface area (Å²) >= 11 is 0. The van der Waals surface area contributed by atoms with E-state index >= 15 is 0 Å². The molecule has 0 aromatic heterocycles. The smallest absolute Gasteiger partial charge is 0.266 e. The number of rotatable bonds is 3. The Morgan fingerprint density at radius 2 is 1.57 bits per heavy atom. The summed E-state index contributed by atoms with van der Waals surface area (Å²) in [7, 11) is -1.50. The Morgan fingerprint density at radius 1 is 1.00 bits per heavy atom. The van der Waals surface area contributed by atoms with E-state index in [4.69, 9.17) is 0 Å². The van der Waals surface area contributed by atoms with E-state index in [2.05, 4.69) is 0 Å². The minimum atomic E-state index is -3.09. The van der Waals surface area contributed by atoms with E-state index in [0.29, 0.717) is 28.8 Å². The lowest BCUT2D eigenvalue weighted by Crippen LogP contribution is -2.37. The molecule has 2 aliphatic heterocycles. The molecule has 2 aliphatic rings. The number of amides is 3. The second-order valence-electron chi connectivity index (χ2n) is 7.01. The molecule has 2 aromatic carbocycles. The number of anilines is 1. The monoisotopic (exact) mass is 398 g/mol. The molecule has 4 rings (SSSR count). The third kappa shape index (κ3) is 2.99. The van der Waals surface area contributed by atoms with Crippen molar-refractivity contribution in [1.82, 2.24) is 4.90 Å². The van der Waals surface area contributed by atoms with Crippen LogP contribution in [0.5, 0.6) is 0 Å². The number of benzene rings is 2. The van der Waals surface area contributed by atoms with Crippen LogP contribution in [-0.4, -0.2) is 55.6 Å². The molecule has 0 spiro atoms. The number of hydrogen-bond donors (Lipinski definition) is 0. The average Bonchev–Trinajstić information content (AvgIpc) is 3.18. The summed E-state index contributed by atoms with van der Waals surface area (Å²) in [6, 6.07) is 12.5. The van der Waals surface area contributed by atoms with Crippen LogP contribution in [0.1, 0.15) is 37.5 Å². The van der Waals surface area contributed by atoms with Gasteiger partial charge in [0.25, 0.3) is 17.7 Å². The molecule has 1 fully saturated rings. The number of carbonyl (C=O) groups excluding carboxylic acids is 3. The third-order valence-corrected chi connectivity index (χ3v) is 6.99. The highest BCUT2D eigenvalue weighted by Crippen LogP contribution is 2.28. The molecule has 7 nitrogen and oxygen atoms in total. The van der Waals surface area contributed by atoms with Crippen LogP contribution in [0.25, 0.3) is 0 Å². The molecule has 3 amide bonds. The number of fused-ring (bicyclic) bond motifs is 1. The standard InChI is InChI=1S/C20H18N2O5S/c1-21(15-10-11-28(26,27)12-15)18(23)13-6-8-14(9-7-13)22-19(24)16-4-2-3-5-17(16)20(22)25/h2-9,15H,10-12H2,1H3/t15-/m0/s1. The molecule has 0 radical (unpaired) electrons. The van der Waals surface area contributed by atoms with Crippen molar-refractivity contribution in [3.63, 3.8) is 0 Å². The van der Waals surface area contributed by atoms with Gasteiger partial charge in [-0.2, -0.15) is 0 Å². The maximum Gasteiger partial charge on any atom is 0.266 e. The zero-order chi connectivity index (χ0) is 20.1. The SMILES string of the molecule is CN(C(=O)c1ccc(N2C(=O)c3ccccc3C2=O)cc1)[C@H]1CCS(=O)(=O)C1. The fourth-order valence-corrected chi connectivity index (χ4v) is 5.40. The van der Waals surface area contributed by atoms with Crippen LogP contribution in [0.3, 0.4) is 0 Å². The topological polar surface area (TPSA) is 91.8 Å². The van der Waals surface area contributed by atoms with Crippen LogP contribution in [0.15, 0.2) is 48.5 Å². The van der Waals surface area contributed by atoms with Crippen molar-refractivity contribution >= 4 is 33.2 Å². The van der Waals surface area contributed by atoms with Gasteiger partial charge < -0.3 is 4.90 Å². The highest BCUT2D eigenvalue weighted by Gasteiger charge is 2.36. The maximum atomic E-state index is 12.7. The quantitative estimate of drug-likeness (QED) is 0.735. The highest BCUT2D eigenvalue weighted by atomic mass is 32.2. The first-order chi connectivity index (χ1) is 13.3. The molecule has 0 unspecified atom stereocenters. The van der Waals surface area contributed by atoms with Crippen LogP contribution < -0.4 is 4.90 Å². The zero-order valence-electron chi connectivity index (χ0n) is 15.2. The largest absolute Gasteiger partial charge is 0.338 e. The number of imide groups is 1. The van der Waals surface area contributed by atoms with Crippen molar-refractivity contribution in [1.29, 1.82) is 0 Å². The Balaban J connectivity index is 1.54. The number of nitrogens with zero attached hydrogens (tertiary/aromatic N) is 2. The fourth-order valence-electron chi connectivity index (χ4n) is 3.63. The Morgan fingerprint density at radius 3 is 2.07 bits per heavy atom. The van der Waals surface area contributed by atoms with Gasteiger partial charge in [0.15, 0.2) is 9.84 Å². The summed E-state index contributed by atoms with van der Waals surface area (Å²) in [6.45, 7) is 0. The van der Waals surface area contributed by atoms with Gasteiger partial charge in [-0.05, 0) is 42.8 Å². The van der Waals surface area contributed by atoms with E-state index in [9.17, 15) is 22.8 Å². The van der Waals surface area contributed by atoms with E-state index in [1.54, 1.807) is 55.6 Å². The molecular formula is C20H18N2O5S. The first-order valence-electron chi connectivity index (χ1n) is 8.84. The number of hydrogen-bond acceptors (Lipinski definition) is 5. The molecule has 28 heavy (non-hydrogen) atoms. The molecule has 2 heterocycles. The molecule has 1 saturated heterocycles. The lowest BCUT2D eigenvalue weighted by molar-refractivity contribution is 0.0747. The Labute approximate surface area is 162 Å². The van der Waals surface area contributed by atoms with Crippen LogP contribution in [0.2, 0.25) is 0 Å². The minimum Gasteiger partial charge on any atom is -0.338 e. The zero-order valence-corrected chi connectivity index (χ0v) is 16.0. The molecule has 144 valence electrons. The highest BCUT2D eigenvalue weighted by molar-refractivity contribution is 7.91. The van der Waals surface area contributed by atoms with Crippen molar-refractivity contribution in [2.75, 3.05) is 23.5 Å². The summed E-state index contributed by atoms with van der Waals surface area (Å²) in [5.74, 6) is -1.02. The summed E-state index contributed by atoms with van der Waals surface area (Å²) in [6.07, 6.45) is 0.428. The Kier molecular flexibility index (Phi) is 4.30. The first kappa shape index (κ1) is 18.4. The molecular weight excluding hydrogens is 380 g/mol. The predicted octanol–water partition coefficient (Wildman–Crippen LogP) is 1.75. The van der Waals surface area contributed by atoms with Gasteiger partial charge >= 0.3 is 0 Å². The van der Waals surface area contributed by atoms with Crippen molar-refractivity contribution in [3.05, 3.63) is 65.2 Å². The predicted molar refractivity (Wildman–Crippen MR) is 103 cm³/mol. The molecule has 0 saturated carbocycles. The average molecular weight is 398 g/mol. The summed E-state index contributed by atoms with van der Waals surface area (Å²) in [5, 5.41) is 0. The maximum absolute atomic E-state index is 12.7. The van der Waals surface area contributed by atoms with Gasteiger partial charge in [-0.15, -0.1) is 0 Å². The van der Waals surface area contributed by atoms with E-state index in [-0.39, 0.29) is 23.5 Å². The molecule has 8 heteroatoms. The van der Waals surface area contributed by atoms with Gasteiger partial charge in [0.2, 0.25) is 0 Å². The van der Waals surface area contributed by atoms with Gasteiger partial charge in [-0.3, -0.25) is 14.4 Å². The summed E-state index contributed by atoms with van der Waals surface area (Å²) < 4.78 is 23.3. The number of sulfone groups is 1. The van der Waals surface area contributed by atoms with Crippen molar-refractivity contribution in [3.8, 4) is 0 Å². The lowest BCUT2D eigenvalue weighted by Gasteiger charge is -2.23. The summed E-state index contributed by atoms with van der Waals surface area (Å²) in [5.41, 5.74) is 1.46. The van der Waals surface area contributed by atoms with Gasteiger partial charge in [0, 0.05) is 18.7 Å².